The molecule has 0 aliphatic carbocycles. The number of nitrogens with zero attached hydrogens (tertiary/aromatic N) is 3. The van der Waals surface area contributed by atoms with Crippen LogP contribution in [0.25, 0.3) is 0 Å². The van der Waals surface area contributed by atoms with Crippen LogP contribution in [0.5, 0.6) is 0 Å². The minimum absolute atomic E-state index is 0.686. The predicted molar refractivity (Wildman–Crippen MR) is 65.4 cm³/mol. The molecule has 0 spiro atoms. The van der Waals surface area contributed by atoms with E-state index in [0.29, 0.717) is 12.5 Å². The summed E-state index contributed by atoms with van der Waals surface area (Å²) in [5.74, 6) is 1.49. The van der Waals surface area contributed by atoms with Gasteiger partial charge in [0.1, 0.15) is 9.53 Å². The zero-order valence-corrected chi connectivity index (χ0v) is 10.3. The summed E-state index contributed by atoms with van der Waals surface area (Å²) in [5.41, 5.74) is 1.12. The summed E-state index contributed by atoms with van der Waals surface area (Å²) in [7, 11) is 0. The van der Waals surface area contributed by atoms with E-state index in [-0.39, 0.29) is 0 Å². The molecule has 2 N–H and O–H groups in total. The van der Waals surface area contributed by atoms with Crippen LogP contribution in [-0.4, -0.2) is 20.2 Å². The molecular formula is C9H10IN5. The maximum atomic E-state index is 4.20. The van der Waals surface area contributed by atoms with Crippen LogP contribution in [0.3, 0.4) is 0 Å². The molecule has 0 aliphatic rings. The van der Waals surface area contributed by atoms with Crippen molar-refractivity contribution in [3.8, 4) is 0 Å². The average molecular weight is 315 g/mol. The second-order valence-corrected chi connectivity index (χ2v) is 4.21. The lowest BCUT2D eigenvalue weighted by Crippen LogP contribution is -2.01. The molecule has 2 aromatic heterocycles. The van der Waals surface area contributed by atoms with E-state index < -0.39 is 0 Å². The first kappa shape index (κ1) is 10.3. The van der Waals surface area contributed by atoms with Gasteiger partial charge in [-0.15, -0.1) is 10.2 Å². The number of aromatic nitrogens is 4. The van der Waals surface area contributed by atoms with Crippen LogP contribution in [0.4, 0.5) is 5.95 Å². The van der Waals surface area contributed by atoms with Crippen molar-refractivity contribution in [2.75, 3.05) is 5.32 Å². The number of hydrogen-bond donors (Lipinski definition) is 2. The number of rotatable bonds is 3. The molecule has 0 amide bonds. The third kappa shape index (κ3) is 2.88. The Hall–Kier alpha value is -1.18. The molecule has 0 saturated carbocycles. The van der Waals surface area contributed by atoms with Crippen LogP contribution in [0.15, 0.2) is 18.3 Å². The third-order valence-corrected chi connectivity index (χ3v) is 2.49. The van der Waals surface area contributed by atoms with E-state index in [2.05, 4.69) is 48.1 Å². The van der Waals surface area contributed by atoms with Crippen LogP contribution < -0.4 is 5.32 Å². The van der Waals surface area contributed by atoms with Gasteiger partial charge in [-0.1, -0.05) is 6.07 Å². The molecule has 0 radical (unpaired) electrons. The van der Waals surface area contributed by atoms with E-state index in [0.717, 1.165) is 15.1 Å². The van der Waals surface area contributed by atoms with Gasteiger partial charge in [-0.2, -0.15) is 0 Å². The zero-order chi connectivity index (χ0) is 10.7. The lowest BCUT2D eigenvalue weighted by molar-refractivity contribution is 1.02. The minimum Gasteiger partial charge on any atom is -0.350 e. The number of halogens is 1. The van der Waals surface area contributed by atoms with Crippen molar-refractivity contribution in [3.05, 3.63) is 33.4 Å². The number of hydrogen-bond acceptors (Lipinski definition) is 4. The first-order valence-corrected chi connectivity index (χ1v) is 5.55. The number of H-pyrrole nitrogens is 1. The van der Waals surface area contributed by atoms with E-state index in [1.54, 1.807) is 0 Å². The van der Waals surface area contributed by atoms with Crippen LogP contribution in [0.1, 0.15) is 11.4 Å². The summed E-state index contributed by atoms with van der Waals surface area (Å²) in [5, 5.41) is 10.9. The van der Waals surface area contributed by atoms with Gasteiger partial charge in [0, 0.05) is 12.7 Å². The number of pyridine rings is 1. The van der Waals surface area contributed by atoms with Crippen LogP contribution in [-0.2, 0) is 6.54 Å². The van der Waals surface area contributed by atoms with Crippen LogP contribution in [0.2, 0.25) is 0 Å². The highest BCUT2D eigenvalue weighted by atomic mass is 127. The van der Waals surface area contributed by atoms with Crippen molar-refractivity contribution in [2.24, 2.45) is 0 Å². The van der Waals surface area contributed by atoms with Crippen molar-refractivity contribution < 1.29 is 0 Å². The molecule has 2 heterocycles. The van der Waals surface area contributed by atoms with Gasteiger partial charge in [0.15, 0.2) is 0 Å². The van der Waals surface area contributed by atoms with Gasteiger partial charge in [-0.05, 0) is 41.1 Å². The molecule has 0 aromatic carbocycles. The Morgan fingerprint density at radius 2 is 2.27 bits per heavy atom. The molecule has 5 nitrogen and oxygen atoms in total. The topological polar surface area (TPSA) is 66.5 Å². The van der Waals surface area contributed by atoms with E-state index in [1.165, 1.54) is 0 Å². The SMILES string of the molecule is Cc1nnc(NCc2ccc(I)nc2)[nH]1. The van der Waals surface area contributed by atoms with Gasteiger partial charge >= 0.3 is 0 Å². The Bertz CT molecular complexity index is 436. The Morgan fingerprint density at radius 1 is 1.40 bits per heavy atom. The Kier molecular flexibility index (Phi) is 3.14. The number of anilines is 1. The zero-order valence-electron chi connectivity index (χ0n) is 8.16. The molecule has 0 atom stereocenters. The summed E-state index contributed by atoms with van der Waals surface area (Å²) in [6.45, 7) is 2.56. The van der Waals surface area contributed by atoms with E-state index >= 15 is 0 Å². The maximum absolute atomic E-state index is 4.20. The van der Waals surface area contributed by atoms with E-state index in [1.807, 2.05) is 25.3 Å². The molecule has 78 valence electrons. The molecule has 0 unspecified atom stereocenters. The van der Waals surface area contributed by atoms with Crippen LogP contribution in [0, 0.1) is 10.6 Å². The van der Waals surface area contributed by atoms with Gasteiger partial charge < -0.3 is 10.3 Å². The highest BCUT2D eigenvalue weighted by molar-refractivity contribution is 14.1. The van der Waals surface area contributed by atoms with Gasteiger partial charge in [-0.3, -0.25) is 0 Å². The average Bonchev–Trinajstić information content (AvgIpc) is 2.64. The summed E-state index contributed by atoms with van der Waals surface area (Å²) in [6.07, 6.45) is 1.85. The summed E-state index contributed by atoms with van der Waals surface area (Å²) in [4.78, 5) is 7.20. The highest BCUT2D eigenvalue weighted by Gasteiger charge is 1.98. The summed E-state index contributed by atoms with van der Waals surface area (Å²) in [6, 6.07) is 4.01. The minimum atomic E-state index is 0.686. The Labute approximate surface area is 101 Å². The molecule has 6 heteroatoms. The monoisotopic (exact) mass is 315 g/mol. The second kappa shape index (κ2) is 4.56. The van der Waals surface area contributed by atoms with Gasteiger partial charge in [0.25, 0.3) is 0 Å². The highest BCUT2D eigenvalue weighted by Crippen LogP contribution is 2.05. The largest absolute Gasteiger partial charge is 0.350 e. The lowest BCUT2D eigenvalue weighted by Gasteiger charge is -2.01. The number of aromatic amines is 1. The van der Waals surface area contributed by atoms with Gasteiger partial charge in [0.2, 0.25) is 5.95 Å². The fourth-order valence-electron chi connectivity index (χ4n) is 1.12. The van der Waals surface area contributed by atoms with E-state index in [4.69, 9.17) is 0 Å². The molecule has 0 bridgehead atoms. The van der Waals surface area contributed by atoms with Crippen molar-refractivity contribution in [2.45, 2.75) is 13.5 Å². The molecule has 0 saturated heterocycles. The molecular weight excluding hydrogens is 305 g/mol. The third-order valence-electron chi connectivity index (χ3n) is 1.85. The maximum Gasteiger partial charge on any atom is 0.222 e. The summed E-state index contributed by atoms with van der Waals surface area (Å²) < 4.78 is 0.992. The second-order valence-electron chi connectivity index (χ2n) is 3.10. The van der Waals surface area contributed by atoms with Crippen molar-refractivity contribution in [1.29, 1.82) is 0 Å². The predicted octanol–water partition coefficient (Wildman–Crippen LogP) is 1.72. The van der Waals surface area contributed by atoms with Crippen molar-refractivity contribution in [3.63, 3.8) is 0 Å². The first-order valence-electron chi connectivity index (χ1n) is 4.47. The van der Waals surface area contributed by atoms with Crippen LogP contribution >= 0.6 is 22.6 Å². The van der Waals surface area contributed by atoms with Crippen molar-refractivity contribution >= 4 is 28.5 Å². The van der Waals surface area contributed by atoms with Gasteiger partial charge in [-0.25, -0.2) is 4.98 Å². The molecule has 15 heavy (non-hydrogen) atoms. The Balaban J connectivity index is 1.96. The lowest BCUT2D eigenvalue weighted by atomic mass is 10.3. The van der Waals surface area contributed by atoms with Gasteiger partial charge in [0.05, 0.1) is 0 Å². The quantitative estimate of drug-likeness (QED) is 0.669. The molecule has 0 fully saturated rings. The fourth-order valence-corrected chi connectivity index (χ4v) is 1.44. The number of aryl methyl sites for hydroxylation is 1. The summed E-state index contributed by atoms with van der Waals surface area (Å²) >= 11 is 2.18. The smallest absolute Gasteiger partial charge is 0.222 e. The normalized spacial score (nSPS) is 10.3. The number of nitrogens with one attached hydrogen (secondary N) is 2. The first-order chi connectivity index (χ1) is 7.24. The fraction of sp³-hybridized carbons (Fsp3) is 0.222. The molecule has 2 rings (SSSR count). The van der Waals surface area contributed by atoms with Crippen molar-refractivity contribution in [1.82, 2.24) is 20.2 Å². The molecule has 0 aliphatic heterocycles. The van der Waals surface area contributed by atoms with E-state index in [9.17, 15) is 0 Å². The molecule has 2 aromatic rings. The standard InChI is InChI=1S/C9H10IN5/c1-6-13-9(15-14-6)12-5-7-2-3-8(10)11-4-7/h2-4H,5H2,1H3,(H2,12,13,14,15). The Morgan fingerprint density at radius 3 is 2.87 bits per heavy atom.